The van der Waals surface area contributed by atoms with Crippen molar-refractivity contribution in [2.24, 2.45) is 5.92 Å². The van der Waals surface area contributed by atoms with Crippen molar-refractivity contribution in [3.63, 3.8) is 0 Å². The van der Waals surface area contributed by atoms with Gasteiger partial charge in [0.25, 0.3) is 0 Å². The van der Waals surface area contributed by atoms with Crippen molar-refractivity contribution >= 4 is 36.1 Å². The first kappa shape index (κ1) is 28.1. The molecule has 2 heterocycles. The number of likely N-dealkylation sites (tertiary alicyclic amines) is 1. The van der Waals surface area contributed by atoms with Crippen LogP contribution in [0.1, 0.15) is 33.1 Å². The number of alkyl halides is 1. The molecule has 14 heteroatoms. The summed E-state index contributed by atoms with van der Waals surface area (Å²) in [5.41, 5.74) is -1.47. The van der Waals surface area contributed by atoms with Crippen molar-refractivity contribution in [2.75, 3.05) is 19.8 Å². The number of aliphatic hydroxyl groups excluding tert-OH is 2. The number of halogens is 1. The summed E-state index contributed by atoms with van der Waals surface area (Å²) in [6.45, 7) is 4.44. The van der Waals surface area contributed by atoms with Gasteiger partial charge in [-0.1, -0.05) is 13.3 Å². The molecule has 32 heavy (non-hydrogen) atoms. The lowest BCUT2D eigenvalue weighted by molar-refractivity contribution is -0.202. The number of rotatable bonds is 9. The summed E-state index contributed by atoms with van der Waals surface area (Å²) in [7, 11) is -5.08. The van der Waals surface area contributed by atoms with Crippen molar-refractivity contribution in [2.45, 2.75) is 80.4 Å². The minimum Gasteiger partial charge on any atom is -0.388 e. The van der Waals surface area contributed by atoms with Crippen LogP contribution in [0.2, 0.25) is 0 Å². The Hall–Kier alpha value is -0.140. The first-order valence-electron chi connectivity index (χ1n) is 10.5. The minimum absolute atomic E-state index is 0.309. The highest BCUT2D eigenvalue weighted by Crippen LogP contribution is 2.42. The van der Waals surface area contributed by atoms with Gasteiger partial charge in [-0.2, -0.15) is 0 Å². The minimum atomic E-state index is -5.08. The second kappa shape index (κ2) is 11.5. The average molecular weight is 521 g/mol. The smallest absolute Gasteiger partial charge is 0.388 e. The molecule has 10 atom stereocenters. The van der Waals surface area contributed by atoms with Gasteiger partial charge in [0.15, 0.2) is 5.44 Å². The van der Waals surface area contributed by atoms with Gasteiger partial charge in [0.2, 0.25) is 5.91 Å². The number of nitrogens with one attached hydrogen (secondary N) is 1. The van der Waals surface area contributed by atoms with Crippen LogP contribution in [0.15, 0.2) is 0 Å². The van der Waals surface area contributed by atoms with Crippen molar-refractivity contribution in [3.8, 4) is 0 Å². The van der Waals surface area contributed by atoms with Crippen molar-refractivity contribution in [3.05, 3.63) is 0 Å². The van der Waals surface area contributed by atoms with Crippen LogP contribution in [0.25, 0.3) is 0 Å². The molecule has 0 aromatic carbocycles. The van der Waals surface area contributed by atoms with Crippen molar-refractivity contribution in [1.82, 2.24) is 10.2 Å². The van der Waals surface area contributed by atoms with Gasteiger partial charge in [0.05, 0.1) is 28.3 Å². The summed E-state index contributed by atoms with van der Waals surface area (Å²) < 4.78 is 33.7. The zero-order chi connectivity index (χ0) is 24.4. The highest BCUT2D eigenvalue weighted by molar-refractivity contribution is 7.84. The molecule has 0 spiro atoms. The summed E-state index contributed by atoms with van der Waals surface area (Å²) in [6.07, 6.45) is -2.68. The Labute approximate surface area is 195 Å². The lowest BCUT2D eigenvalue weighted by Gasteiger charge is -2.45. The normalized spacial score (nSPS) is 37.1. The number of hydrogen-bond donors (Lipinski definition) is 5. The Bertz CT molecular complexity index is 727. The molecule has 5 N–H and O–H groups in total. The van der Waals surface area contributed by atoms with Crippen LogP contribution >= 0.6 is 19.4 Å². The molecule has 0 aromatic heterocycles. The maximum Gasteiger partial charge on any atom is 0.470 e. The number of carbonyl (C=O) groups is 1. The van der Waals surface area contributed by atoms with Crippen LogP contribution in [0.3, 0.4) is 0 Å². The lowest BCUT2D eigenvalue weighted by atomic mass is 9.92. The van der Waals surface area contributed by atoms with Crippen LogP contribution in [-0.4, -0.2) is 102 Å². The fraction of sp³-hybridized carbons (Fsp3) is 0.944. The van der Waals surface area contributed by atoms with Crippen molar-refractivity contribution in [1.29, 1.82) is 0 Å². The summed E-state index contributed by atoms with van der Waals surface area (Å²) in [5.74, 6) is 0.0834. The van der Waals surface area contributed by atoms with Gasteiger partial charge in [-0.15, -0.1) is 11.6 Å². The number of carbonyl (C=O) groups excluding carboxylic acids is 1. The largest absolute Gasteiger partial charge is 0.470 e. The number of phosphoric ester groups is 1. The molecular weight excluding hydrogens is 487 g/mol. The number of phosphoric acid groups is 1. The van der Waals surface area contributed by atoms with E-state index in [1.807, 2.05) is 11.9 Å². The van der Waals surface area contributed by atoms with Crippen LogP contribution in [0, 0.1) is 5.92 Å². The Kier molecular flexibility index (Phi) is 10.1. The maximum atomic E-state index is 13.0. The Balaban J connectivity index is 2.21. The zero-order valence-electron chi connectivity index (χ0n) is 18.5. The summed E-state index contributed by atoms with van der Waals surface area (Å²) in [5, 5.41) is 23.2. The number of nitrogens with zero attached hydrogens (tertiary/aromatic N) is 1. The number of ether oxygens (including phenoxy) is 1. The monoisotopic (exact) mass is 520 g/mol. The van der Waals surface area contributed by atoms with Gasteiger partial charge >= 0.3 is 7.82 Å². The Morgan fingerprint density at radius 2 is 2.00 bits per heavy atom. The van der Waals surface area contributed by atoms with E-state index in [0.717, 1.165) is 19.4 Å². The average Bonchev–Trinajstić information content (AvgIpc) is 3.03. The van der Waals surface area contributed by atoms with E-state index in [4.69, 9.17) is 26.1 Å². The van der Waals surface area contributed by atoms with Crippen LogP contribution in [0.4, 0.5) is 0 Å². The Morgan fingerprint density at radius 3 is 2.50 bits per heavy atom. The zero-order valence-corrected chi connectivity index (χ0v) is 21.0. The van der Waals surface area contributed by atoms with Gasteiger partial charge in [0, 0.05) is 12.8 Å². The molecular formula is C18H34ClN2O9PS. The highest BCUT2D eigenvalue weighted by atomic mass is 35.5. The number of amides is 1. The van der Waals surface area contributed by atoms with E-state index >= 15 is 0 Å². The van der Waals surface area contributed by atoms with E-state index in [2.05, 4.69) is 16.8 Å². The molecule has 1 amide bonds. The summed E-state index contributed by atoms with van der Waals surface area (Å²) in [6, 6.07) is -1.37. The van der Waals surface area contributed by atoms with E-state index < -0.39 is 65.9 Å². The molecule has 0 radical (unpaired) electrons. The number of likely N-dealkylation sites (N-methyl/N-ethyl adjacent to an activating group) is 1. The maximum absolute atomic E-state index is 13.0. The summed E-state index contributed by atoms with van der Waals surface area (Å²) in [4.78, 5) is 33.2. The van der Waals surface area contributed by atoms with E-state index in [1.165, 1.54) is 6.26 Å². The van der Waals surface area contributed by atoms with Crippen LogP contribution < -0.4 is 5.32 Å². The quantitative estimate of drug-likeness (QED) is 0.198. The van der Waals surface area contributed by atoms with Gasteiger partial charge in [-0.25, -0.2) is 4.57 Å². The van der Waals surface area contributed by atoms with Gasteiger partial charge in [-0.3, -0.25) is 18.4 Å². The molecule has 2 aliphatic heterocycles. The van der Waals surface area contributed by atoms with E-state index in [1.54, 1.807) is 6.92 Å². The molecule has 2 saturated heterocycles. The van der Waals surface area contributed by atoms with Gasteiger partial charge in [-0.05, 0) is 32.7 Å². The van der Waals surface area contributed by atoms with Crippen LogP contribution in [-0.2, 0) is 29.4 Å². The topological polar surface area (TPSA) is 166 Å². The summed E-state index contributed by atoms with van der Waals surface area (Å²) >= 11 is 6.29. The second-order valence-corrected chi connectivity index (χ2v) is 11.9. The SMILES string of the molecule is CCC[C@@H]1C[C@@H](C(=O)N[C@H]([C@H]2O[C@H](S(C)=O)[C@H](OP(=O)(O)O)[C@@H](O)[C@H]2O)[C@@H](C)Cl)N(C)C1. The molecule has 0 saturated carbocycles. The molecule has 2 aliphatic rings. The molecule has 2 rings (SSSR count). The first-order chi connectivity index (χ1) is 14.8. The third-order valence-corrected chi connectivity index (χ3v) is 7.78. The number of aliphatic hydroxyl groups is 2. The molecule has 0 aliphatic carbocycles. The first-order valence-corrected chi connectivity index (χ1v) is 14.1. The van der Waals surface area contributed by atoms with Gasteiger partial charge in [0.1, 0.15) is 24.4 Å². The van der Waals surface area contributed by atoms with Crippen LogP contribution in [0.5, 0.6) is 0 Å². The molecule has 0 bridgehead atoms. The molecule has 0 aromatic rings. The predicted molar refractivity (Wildman–Crippen MR) is 118 cm³/mol. The highest BCUT2D eigenvalue weighted by Gasteiger charge is 2.52. The molecule has 1 unspecified atom stereocenters. The Morgan fingerprint density at radius 1 is 1.38 bits per heavy atom. The fourth-order valence-electron chi connectivity index (χ4n) is 4.45. The lowest BCUT2D eigenvalue weighted by Crippen LogP contribution is -2.66. The number of hydrogen-bond acceptors (Lipinski definition) is 8. The van der Waals surface area contributed by atoms with E-state index in [9.17, 15) is 23.8 Å². The second-order valence-electron chi connectivity index (χ2n) is 8.57. The van der Waals surface area contributed by atoms with E-state index in [0.29, 0.717) is 12.3 Å². The fourth-order valence-corrected chi connectivity index (χ4v) is 6.17. The predicted octanol–water partition coefficient (Wildman–Crippen LogP) is -0.478. The third kappa shape index (κ3) is 6.94. The molecule has 2 fully saturated rings. The standard InChI is InChI=1S/C18H34ClN2O9PS/c1-5-6-10-7-11(21(3)8-10)17(24)20-12(9(2)19)15-13(22)14(23)16(30-31(25,26)27)18(29-15)32(4)28/h9-16,18,22-23H,5-8H2,1-4H3,(H,20,24)(H2,25,26,27)/t9-,10-,11+,12+,13-,14+,15-,16-,18-,32?/m1/s1. The van der Waals surface area contributed by atoms with E-state index in [-0.39, 0.29) is 5.91 Å². The third-order valence-electron chi connectivity index (χ3n) is 5.96. The van der Waals surface area contributed by atoms with Crippen molar-refractivity contribution < 1.29 is 42.8 Å². The molecule has 188 valence electrons. The molecule has 11 nitrogen and oxygen atoms in total. The van der Waals surface area contributed by atoms with Gasteiger partial charge < -0.3 is 30.1 Å².